The fraction of sp³-hybridized carbons (Fsp3) is 0.333. The Hall–Kier alpha value is -3.00. The number of halogens is 2. The van der Waals surface area contributed by atoms with Gasteiger partial charge in [-0.25, -0.2) is 19.8 Å². The van der Waals surface area contributed by atoms with Crippen LogP contribution in [-0.2, 0) is 4.74 Å². The first-order chi connectivity index (χ1) is 17.5. The van der Waals surface area contributed by atoms with E-state index < -0.39 is 11.9 Å². The summed E-state index contributed by atoms with van der Waals surface area (Å²) in [5.41, 5.74) is 4.98. The summed E-state index contributed by atoms with van der Waals surface area (Å²) >= 11 is 12.2. The van der Waals surface area contributed by atoms with Crippen LogP contribution in [0.4, 0.5) is 0 Å². The van der Waals surface area contributed by atoms with Gasteiger partial charge in [-0.3, -0.25) is 10.2 Å². The molecule has 0 radical (unpaired) electrons. The molecular weight excluding hydrogens is 499 g/mol. The maximum absolute atomic E-state index is 13.4. The van der Waals surface area contributed by atoms with Gasteiger partial charge in [-0.15, -0.1) is 0 Å². The van der Waals surface area contributed by atoms with E-state index in [1.54, 1.807) is 48.5 Å². The molecule has 1 aromatic heterocycles. The molecule has 0 spiro atoms. The van der Waals surface area contributed by atoms with Crippen LogP contribution < -0.4 is 5.43 Å². The molecule has 0 unspecified atom stereocenters. The van der Waals surface area contributed by atoms with Gasteiger partial charge in [-0.1, -0.05) is 67.2 Å². The number of carbonyl (C=O) groups is 2. The quantitative estimate of drug-likeness (QED) is 0.277. The predicted octanol–water partition coefficient (Wildman–Crippen LogP) is 6.21. The van der Waals surface area contributed by atoms with Gasteiger partial charge >= 0.3 is 5.97 Å². The summed E-state index contributed by atoms with van der Waals surface area (Å²) < 4.78 is 5.45. The number of ether oxygens (including phenoxy) is 1. The largest absolute Gasteiger partial charge is 0.461 e. The molecule has 4 rings (SSSR count). The summed E-state index contributed by atoms with van der Waals surface area (Å²) in [6.07, 6.45) is 4.68. The maximum atomic E-state index is 13.4. The molecule has 1 aliphatic rings. The zero-order valence-corrected chi connectivity index (χ0v) is 21.6. The van der Waals surface area contributed by atoms with Crippen molar-refractivity contribution in [2.75, 3.05) is 19.7 Å². The van der Waals surface area contributed by atoms with E-state index in [0.29, 0.717) is 39.0 Å². The van der Waals surface area contributed by atoms with Crippen LogP contribution in [0.2, 0.25) is 10.0 Å². The number of hydrogen-bond donors (Lipinski definition) is 1. The fourth-order valence-corrected chi connectivity index (χ4v) is 4.19. The van der Waals surface area contributed by atoms with E-state index in [1.807, 2.05) is 11.9 Å². The Kier molecular flexibility index (Phi) is 8.91. The van der Waals surface area contributed by atoms with Crippen molar-refractivity contribution in [3.8, 4) is 22.5 Å². The van der Waals surface area contributed by atoms with E-state index in [2.05, 4.69) is 10.4 Å². The van der Waals surface area contributed by atoms with Crippen LogP contribution in [0, 0.1) is 0 Å². The van der Waals surface area contributed by atoms with Crippen molar-refractivity contribution in [3.63, 3.8) is 0 Å². The highest BCUT2D eigenvalue weighted by Gasteiger charge is 2.27. The number of aromatic nitrogens is 2. The monoisotopic (exact) mass is 526 g/mol. The lowest BCUT2D eigenvalue weighted by atomic mass is 10.0. The van der Waals surface area contributed by atoms with Crippen molar-refractivity contribution < 1.29 is 14.3 Å². The summed E-state index contributed by atoms with van der Waals surface area (Å²) in [7, 11) is 0. The molecular formula is C27H28Cl2N4O3. The molecule has 9 heteroatoms. The van der Waals surface area contributed by atoms with Crippen molar-refractivity contribution in [2.24, 2.45) is 0 Å². The number of unbranched alkanes of at least 4 members (excludes halogenated alkanes) is 1. The first kappa shape index (κ1) is 26.1. The Bertz CT molecular complexity index is 1210. The van der Waals surface area contributed by atoms with Crippen LogP contribution in [-0.4, -0.2) is 46.5 Å². The summed E-state index contributed by atoms with van der Waals surface area (Å²) in [6.45, 7) is 3.72. The molecule has 1 amide bonds. The second-order valence-electron chi connectivity index (χ2n) is 8.61. The lowest BCUT2D eigenvalue weighted by Gasteiger charge is -2.27. The van der Waals surface area contributed by atoms with Crippen LogP contribution in [0.15, 0.2) is 48.5 Å². The highest BCUT2D eigenvalue weighted by Crippen LogP contribution is 2.32. The molecule has 36 heavy (non-hydrogen) atoms. The van der Waals surface area contributed by atoms with Crippen LogP contribution >= 0.6 is 23.2 Å². The average molecular weight is 527 g/mol. The van der Waals surface area contributed by atoms with Gasteiger partial charge in [-0.2, -0.15) is 0 Å². The van der Waals surface area contributed by atoms with Crippen molar-refractivity contribution in [1.82, 2.24) is 20.4 Å². The maximum Gasteiger partial charge on any atom is 0.359 e. The number of rotatable bonds is 8. The van der Waals surface area contributed by atoms with E-state index in [4.69, 9.17) is 32.9 Å². The number of hydrogen-bond acceptors (Lipinski definition) is 6. The number of nitrogens with zero attached hydrogens (tertiary/aromatic N) is 3. The summed E-state index contributed by atoms with van der Waals surface area (Å²) in [6, 6.07) is 14.2. The fourth-order valence-electron chi connectivity index (χ4n) is 3.93. The summed E-state index contributed by atoms with van der Waals surface area (Å²) in [4.78, 5) is 35.9. The van der Waals surface area contributed by atoms with Crippen molar-refractivity contribution >= 4 is 35.1 Å². The second kappa shape index (κ2) is 12.3. The van der Waals surface area contributed by atoms with E-state index in [-0.39, 0.29) is 18.0 Å². The molecule has 0 saturated carbocycles. The number of nitrogens with one attached hydrogen (secondary N) is 1. The summed E-state index contributed by atoms with van der Waals surface area (Å²) in [5, 5.41) is 2.99. The molecule has 1 fully saturated rings. The highest BCUT2D eigenvalue weighted by atomic mass is 35.5. The zero-order chi connectivity index (χ0) is 25.5. The lowest BCUT2D eigenvalue weighted by molar-refractivity contribution is 0.0485. The standard InChI is InChI=1S/C27H28Cl2N4O3/c1-2-3-17-36-27(35)25-24(26(34)32-33-15-5-4-6-16-33)30-22(18-7-11-20(28)12-8-18)23(31-25)19-9-13-21(29)14-10-19/h7-14H,2-6,15-17H2,1H3,(H,32,34). The Morgan fingerprint density at radius 1 is 0.861 bits per heavy atom. The third kappa shape index (κ3) is 6.40. The Morgan fingerprint density at radius 2 is 1.39 bits per heavy atom. The number of hydrazine groups is 1. The van der Waals surface area contributed by atoms with Gasteiger partial charge in [0.1, 0.15) is 0 Å². The smallest absolute Gasteiger partial charge is 0.359 e. The number of piperidine rings is 1. The number of benzene rings is 2. The Labute approximate surface area is 220 Å². The molecule has 0 bridgehead atoms. The van der Waals surface area contributed by atoms with Gasteiger partial charge in [-0.05, 0) is 43.5 Å². The first-order valence-corrected chi connectivity index (χ1v) is 12.9. The van der Waals surface area contributed by atoms with Crippen molar-refractivity contribution in [2.45, 2.75) is 39.0 Å². The normalized spacial score (nSPS) is 13.9. The van der Waals surface area contributed by atoms with Crippen LogP contribution in [0.1, 0.15) is 60.0 Å². The van der Waals surface area contributed by atoms with E-state index in [0.717, 1.165) is 38.8 Å². The molecule has 0 aliphatic carbocycles. The second-order valence-corrected chi connectivity index (χ2v) is 9.48. The molecule has 1 N–H and O–H groups in total. The van der Waals surface area contributed by atoms with Crippen molar-refractivity contribution in [1.29, 1.82) is 0 Å². The summed E-state index contributed by atoms with van der Waals surface area (Å²) in [5.74, 6) is -1.18. The third-order valence-electron chi connectivity index (χ3n) is 5.89. The topological polar surface area (TPSA) is 84.4 Å². The minimum absolute atomic E-state index is 0.0789. The van der Waals surface area contributed by atoms with Gasteiger partial charge in [0.2, 0.25) is 0 Å². The van der Waals surface area contributed by atoms with Crippen LogP contribution in [0.3, 0.4) is 0 Å². The van der Waals surface area contributed by atoms with Crippen molar-refractivity contribution in [3.05, 3.63) is 70.0 Å². The van der Waals surface area contributed by atoms with E-state index in [9.17, 15) is 9.59 Å². The SMILES string of the molecule is CCCCOC(=O)c1nc(-c2ccc(Cl)cc2)c(-c2ccc(Cl)cc2)nc1C(=O)NN1CCCCC1. The third-order valence-corrected chi connectivity index (χ3v) is 6.39. The average Bonchev–Trinajstić information content (AvgIpc) is 2.89. The van der Waals surface area contributed by atoms with Gasteiger partial charge in [0.05, 0.1) is 18.0 Å². The van der Waals surface area contributed by atoms with E-state index >= 15 is 0 Å². The Morgan fingerprint density at radius 3 is 1.92 bits per heavy atom. The molecule has 0 atom stereocenters. The molecule has 2 heterocycles. The van der Waals surface area contributed by atoms with E-state index in [1.165, 1.54) is 0 Å². The molecule has 7 nitrogen and oxygen atoms in total. The minimum atomic E-state index is -0.683. The number of amides is 1. The van der Waals surface area contributed by atoms with Gasteiger partial charge < -0.3 is 4.74 Å². The molecule has 3 aromatic rings. The first-order valence-electron chi connectivity index (χ1n) is 12.1. The highest BCUT2D eigenvalue weighted by molar-refractivity contribution is 6.31. The lowest BCUT2D eigenvalue weighted by Crippen LogP contribution is -2.45. The number of carbonyl (C=O) groups excluding carboxylic acids is 2. The van der Waals surface area contributed by atoms with Gasteiger partial charge in [0.25, 0.3) is 5.91 Å². The Balaban J connectivity index is 1.84. The molecule has 1 aliphatic heterocycles. The zero-order valence-electron chi connectivity index (χ0n) is 20.1. The molecule has 188 valence electrons. The predicted molar refractivity (Wildman–Crippen MR) is 141 cm³/mol. The molecule has 1 saturated heterocycles. The minimum Gasteiger partial charge on any atom is -0.461 e. The molecule has 2 aromatic carbocycles. The van der Waals surface area contributed by atoms with Crippen LogP contribution in [0.25, 0.3) is 22.5 Å². The van der Waals surface area contributed by atoms with Gasteiger partial charge in [0, 0.05) is 34.3 Å². The number of esters is 1. The van der Waals surface area contributed by atoms with Gasteiger partial charge in [0.15, 0.2) is 11.4 Å². The van der Waals surface area contributed by atoms with Crippen LogP contribution in [0.5, 0.6) is 0 Å².